The lowest BCUT2D eigenvalue weighted by Gasteiger charge is -2.10. The third kappa shape index (κ3) is 3.74. The maximum absolute atomic E-state index is 5.97. The van der Waals surface area contributed by atoms with Gasteiger partial charge in [0.1, 0.15) is 0 Å². The lowest BCUT2D eigenvalue weighted by Crippen LogP contribution is -2.23. The van der Waals surface area contributed by atoms with Crippen molar-refractivity contribution >= 4 is 46.4 Å². The number of nitrogens with zero attached hydrogens (tertiary/aromatic N) is 1. The van der Waals surface area contributed by atoms with E-state index in [1.165, 1.54) is 0 Å². The molecular weight excluding hydrogens is 268 g/mol. The molecule has 0 atom stereocenters. The van der Waals surface area contributed by atoms with Crippen molar-refractivity contribution in [3.63, 3.8) is 0 Å². The molecule has 0 fully saturated rings. The molecule has 3 N–H and O–H groups in total. The Morgan fingerprint density at radius 1 is 1.31 bits per heavy atom. The van der Waals surface area contributed by atoms with Crippen LogP contribution in [0.5, 0.6) is 0 Å². The molecule has 0 aromatic heterocycles. The van der Waals surface area contributed by atoms with Gasteiger partial charge in [0.2, 0.25) is 0 Å². The van der Waals surface area contributed by atoms with Gasteiger partial charge in [0.05, 0.1) is 15.7 Å². The number of hydrogen-bond donors (Lipinski definition) is 2. The Labute approximate surface area is 110 Å². The zero-order chi connectivity index (χ0) is 12.1. The normalized spacial score (nSPS) is 11.6. The van der Waals surface area contributed by atoms with Crippen LogP contribution in [-0.2, 0) is 0 Å². The van der Waals surface area contributed by atoms with Crippen molar-refractivity contribution in [1.29, 1.82) is 0 Å². The van der Waals surface area contributed by atoms with Gasteiger partial charge in [-0.15, -0.1) is 0 Å². The summed E-state index contributed by atoms with van der Waals surface area (Å²) in [5, 5.41) is 4.14. The van der Waals surface area contributed by atoms with Crippen LogP contribution in [0.3, 0.4) is 0 Å². The molecule has 0 amide bonds. The van der Waals surface area contributed by atoms with Gasteiger partial charge in [0.15, 0.2) is 5.96 Å². The maximum atomic E-state index is 5.97. The van der Waals surface area contributed by atoms with Crippen molar-refractivity contribution in [2.75, 3.05) is 11.9 Å². The Morgan fingerprint density at radius 2 is 1.88 bits per heavy atom. The molecule has 0 heterocycles. The minimum Gasteiger partial charge on any atom is -0.370 e. The van der Waals surface area contributed by atoms with Crippen molar-refractivity contribution < 1.29 is 0 Å². The predicted octanol–water partition coefficient (Wildman–Crippen LogP) is 3.78. The highest BCUT2D eigenvalue weighted by molar-refractivity contribution is 6.42. The van der Waals surface area contributed by atoms with Gasteiger partial charge in [-0.25, -0.2) is 0 Å². The molecule has 3 nitrogen and oxygen atoms in total. The van der Waals surface area contributed by atoms with Gasteiger partial charge in [-0.2, -0.15) is 0 Å². The molecule has 0 aliphatic rings. The van der Waals surface area contributed by atoms with Crippen LogP contribution in [0.15, 0.2) is 17.1 Å². The number of rotatable bonds is 3. The Bertz CT molecular complexity index is 381. The van der Waals surface area contributed by atoms with Crippen molar-refractivity contribution in [2.45, 2.75) is 13.3 Å². The van der Waals surface area contributed by atoms with E-state index in [9.17, 15) is 0 Å². The average Bonchev–Trinajstić information content (AvgIpc) is 2.20. The molecule has 0 radical (unpaired) electrons. The molecule has 1 rings (SSSR count). The lowest BCUT2D eigenvalue weighted by molar-refractivity contribution is 0.929. The van der Waals surface area contributed by atoms with Crippen molar-refractivity contribution in [1.82, 2.24) is 0 Å². The molecule has 0 spiro atoms. The fraction of sp³-hybridized carbons (Fsp3) is 0.300. The van der Waals surface area contributed by atoms with Crippen LogP contribution in [0.4, 0.5) is 5.69 Å². The second-order valence-electron chi connectivity index (χ2n) is 3.14. The predicted molar refractivity (Wildman–Crippen MR) is 71.9 cm³/mol. The van der Waals surface area contributed by atoms with E-state index in [2.05, 4.69) is 10.3 Å². The highest BCUT2D eigenvalue weighted by Crippen LogP contribution is 2.33. The molecule has 1 aromatic rings. The minimum atomic E-state index is 0.285. The zero-order valence-electron chi connectivity index (χ0n) is 8.73. The van der Waals surface area contributed by atoms with E-state index in [1.807, 2.05) is 6.92 Å². The number of hydrogen-bond acceptors (Lipinski definition) is 1. The summed E-state index contributed by atoms with van der Waals surface area (Å²) >= 11 is 17.7. The number of anilines is 1. The van der Waals surface area contributed by atoms with Crippen molar-refractivity contribution in [2.24, 2.45) is 10.7 Å². The Morgan fingerprint density at radius 3 is 2.38 bits per heavy atom. The molecule has 0 saturated carbocycles. The van der Waals surface area contributed by atoms with Crippen molar-refractivity contribution in [3.8, 4) is 0 Å². The molecule has 6 heteroatoms. The van der Waals surface area contributed by atoms with Crippen LogP contribution >= 0.6 is 34.8 Å². The third-order valence-corrected chi connectivity index (χ3v) is 2.58. The first-order chi connectivity index (χ1) is 7.54. The molecule has 0 unspecified atom stereocenters. The first kappa shape index (κ1) is 13.4. The average molecular weight is 281 g/mol. The van der Waals surface area contributed by atoms with Gasteiger partial charge < -0.3 is 11.1 Å². The number of halogens is 3. The second kappa shape index (κ2) is 6.18. The molecule has 0 saturated heterocycles. The Hall–Kier alpha value is -0.640. The molecule has 0 aliphatic carbocycles. The molecular formula is C10H12Cl3N3. The summed E-state index contributed by atoms with van der Waals surface area (Å²) in [6.45, 7) is 2.67. The first-order valence-corrected chi connectivity index (χ1v) is 5.89. The highest BCUT2D eigenvalue weighted by Gasteiger charge is 2.08. The van der Waals surface area contributed by atoms with E-state index in [-0.39, 0.29) is 5.96 Å². The number of aliphatic imine (C=N–C) groups is 1. The Balaban J connectivity index is 2.89. The monoisotopic (exact) mass is 279 g/mol. The number of benzene rings is 1. The zero-order valence-corrected chi connectivity index (χ0v) is 11.0. The second-order valence-corrected chi connectivity index (χ2v) is 4.39. The van der Waals surface area contributed by atoms with E-state index < -0.39 is 0 Å². The molecule has 88 valence electrons. The SMILES string of the molecule is CCCN=C(N)Nc1c(Cl)cc(Cl)cc1Cl. The summed E-state index contributed by atoms with van der Waals surface area (Å²) in [6.07, 6.45) is 0.921. The van der Waals surface area contributed by atoms with Crippen LogP contribution in [0, 0.1) is 0 Å². The standard InChI is InChI=1S/C10H12Cl3N3/c1-2-3-15-10(14)16-9-7(12)4-6(11)5-8(9)13/h4-5H,2-3H2,1H3,(H3,14,15,16). The van der Waals surface area contributed by atoms with Crippen LogP contribution in [0.1, 0.15) is 13.3 Å². The van der Waals surface area contributed by atoms with E-state index in [0.29, 0.717) is 27.3 Å². The lowest BCUT2D eigenvalue weighted by atomic mass is 10.3. The van der Waals surface area contributed by atoms with Gasteiger partial charge in [0, 0.05) is 11.6 Å². The summed E-state index contributed by atoms with van der Waals surface area (Å²) in [6, 6.07) is 3.18. The first-order valence-electron chi connectivity index (χ1n) is 4.76. The summed E-state index contributed by atoms with van der Waals surface area (Å²) in [4.78, 5) is 4.08. The fourth-order valence-corrected chi connectivity index (χ4v) is 1.97. The largest absolute Gasteiger partial charge is 0.370 e. The van der Waals surface area contributed by atoms with E-state index in [0.717, 1.165) is 6.42 Å². The molecule has 0 aliphatic heterocycles. The summed E-state index contributed by atoms with van der Waals surface area (Å²) in [7, 11) is 0. The number of nitrogens with two attached hydrogens (primary N) is 1. The highest BCUT2D eigenvalue weighted by atomic mass is 35.5. The molecule has 16 heavy (non-hydrogen) atoms. The van der Waals surface area contributed by atoms with Crippen molar-refractivity contribution in [3.05, 3.63) is 27.2 Å². The maximum Gasteiger partial charge on any atom is 0.193 e. The quantitative estimate of drug-likeness (QED) is 0.654. The van der Waals surface area contributed by atoms with Crippen LogP contribution in [-0.4, -0.2) is 12.5 Å². The van der Waals surface area contributed by atoms with Crippen LogP contribution < -0.4 is 11.1 Å². The van der Waals surface area contributed by atoms with Gasteiger partial charge in [-0.05, 0) is 18.6 Å². The van der Waals surface area contributed by atoms with Gasteiger partial charge in [-0.3, -0.25) is 4.99 Å². The molecule has 1 aromatic carbocycles. The van der Waals surface area contributed by atoms with Crippen LogP contribution in [0.2, 0.25) is 15.1 Å². The fourth-order valence-electron chi connectivity index (χ4n) is 1.06. The summed E-state index contributed by atoms with van der Waals surface area (Å²) in [5.41, 5.74) is 6.17. The smallest absolute Gasteiger partial charge is 0.193 e. The van der Waals surface area contributed by atoms with E-state index >= 15 is 0 Å². The van der Waals surface area contributed by atoms with Gasteiger partial charge >= 0.3 is 0 Å². The van der Waals surface area contributed by atoms with E-state index in [1.54, 1.807) is 12.1 Å². The van der Waals surface area contributed by atoms with Gasteiger partial charge in [-0.1, -0.05) is 41.7 Å². The third-order valence-electron chi connectivity index (χ3n) is 1.77. The van der Waals surface area contributed by atoms with Gasteiger partial charge in [0.25, 0.3) is 0 Å². The molecule has 0 bridgehead atoms. The summed E-state index contributed by atoms with van der Waals surface area (Å²) in [5.74, 6) is 0.285. The summed E-state index contributed by atoms with van der Waals surface area (Å²) < 4.78 is 0. The Kier molecular flexibility index (Phi) is 5.19. The topological polar surface area (TPSA) is 50.4 Å². The van der Waals surface area contributed by atoms with Crippen LogP contribution in [0.25, 0.3) is 0 Å². The number of nitrogens with one attached hydrogen (secondary N) is 1. The number of guanidine groups is 1. The van der Waals surface area contributed by atoms with E-state index in [4.69, 9.17) is 40.5 Å². The minimum absolute atomic E-state index is 0.285.